The van der Waals surface area contributed by atoms with Crippen LogP contribution < -0.4 is 16.4 Å². The molecule has 0 saturated carbocycles. The van der Waals surface area contributed by atoms with Crippen LogP contribution in [0.1, 0.15) is 38.5 Å². The molecule has 32 heavy (non-hydrogen) atoms. The zero-order valence-electron chi connectivity index (χ0n) is 18.6. The van der Waals surface area contributed by atoms with Gasteiger partial charge in [-0.1, -0.05) is 0 Å². The molecule has 11 nitrogen and oxygen atoms in total. The number of nitrogens with zero attached hydrogens (tertiary/aromatic N) is 1. The first kappa shape index (κ1) is 27.4. The molecule has 0 aromatic heterocycles. The number of carbonyl (C=O) groups is 5. The molecule has 1 aliphatic rings. The number of carbonyl (C=O) groups excluding carboxylic acids is 5. The number of ether oxygens (including phenoxy) is 2. The van der Waals surface area contributed by atoms with Crippen LogP contribution in [0, 0.1) is 0 Å². The Labute approximate surface area is 188 Å². The van der Waals surface area contributed by atoms with Gasteiger partial charge >= 0.3 is 0 Å². The van der Waals surface area contributed by atoms with Crippen LogP contribution >= 0.6 is 0 Å². The van der Waals surface area contributed by atoms with Crippen LogP contribution in [0.5, 0.6) is 0 Å². The zero-order chi connectivity index (χ0) is 23.8. The zero-order valence-corrected chi connectivity index (χ0v) is 18.6. The van der Waals surface area contributed by atoms with Crippen molar-refractivity contribution in [2.75, 3.05) is 46.6 Å². The van der Waals surface area contributed by atoms with Crippen LogP contribution in [0.4, 0.5) is 0 Å². The van der Waals surface area contributed by atoms with Crippen molar-refractivity contribution in [3.8, 4) is 0 Å². The molecule has 11 heteroatoms. The summed E-state index contributed by atoms with van der Waals surface area (Å²) in [6.07, 6.45) is 5.49. The van der Waals surface area contributed by atoms with Crippen molar-refractivity contribution in [3.63, 3.8) is 0 Å². The van der Waals surface area contributed by atoms with Gasteiger partial charge in [0.25, 0.3) is 11.8 Å². The lowest BCUT2D eigenvalue weighted by Crippen LogP contribution is -2.39. The molecule has 1 atom stereocenters. The molecule has 1 unspecified atom stereocenters. The van der Waals surface area contributed by atoms with Crippen molar-refractivity contribution in [3.05, 3.63) is 12.2 Å². The second-order valence-electron chi connectivity index (χ2n) is 7.31. The van der Waals surface area contributed by atoms with Gasteiger partial charge in [-0.05, 0) is 32.7 Å². The van der Waals surface area contributed by atoms with E-state index in [2.05, 4.69) is 10.6 Å². The van der Waals surface area contributed by atoms with Crippen molar-refractivity contribution in [2.24, 2.45) is 5.73 Å². The van der Waals surface area contributed by atoms with E-state index in [-0.39, 0.29) is 61.6 Å². The fourth-order valence-electron chi connectivity index (χ4n) is 2.95. The third-order valence-electron chi connectivity index (χ3n) is 4.80. The van der Waals surface area contributed by atoms with E-state index in [1.807, 2.05) is 0 Å². The molecular formula is C21H34N4O7. The summed E-state index contributed by atoms with van der Waals surface area (Å²) in [5.74, 6) is -1.42. The summed E-state index contributed by atoms with van der Waals surface area (Å²) in [6, 6.07) is -0.351. The average molecular weight is 455 g/mol. The fraction of sp³-hybridized carbons (Fsp3) is 0.667. The lowest BCUT2D eigenvalue weighted by Gasteiger charge is -2.12. The lowest BCUT2D eigenvalue weighted by atomic mass is 10.1. The maximum absolute atomic E-state index is 11.8. The molecule has 0 spiro atoms. The van der Waals surface area contributed by atoms with Crippen molar-refractivity contribution in [1.29, 1.82) is 0 Å². The van der Waals surface area contributed by atoms with Gasteiger partial charge in [0.15, 0.2) is 0 Å². The van der Waals surface area contributed by atoms with Crippen LogP contribution in [-0.2, 0) is 33.4 Å². The normalized spacial score (nSPS) is 14.1. The maximum atomic E-state index is 11.8. The van der Waals surface area contributed by atoms with Gasteiger partial charge in [0.1, 0.15) is 12.4 Å². The summed E-state index contributed by atoms with van der Waals surface area (Å²) >= 11 is 0. The highest BCUT2D eigenvalue weighted by atomic mass is 16.5. The minimum absolute atomic E-state index is 0.0369. The summed E-state index contributed by atoms with van der Waals surface area (Å²) < 4.78 is 10.6. The number of hydrogen-bond acceptors (Lipinski definition) is 8. The summed E-state index contributed by atoms with van der Waals surface area (Å²) in [4.78, 5) is 58.4. The van der Waals surface area contributed by atoms with Gasteiger partial charge in [0.2, 0.25) is 11.8 Å². The van der Waals surface area contributed by atoms with Gasteiger partial charge in [0, 0.05) is 44.7 Å². The van der Waals surface area contributed by atoms with E-state index in [9.17, 15) is 24.0 Å². The first-order chi connectivity index (χ1) is 15.3. The van der Waals surface area contributed by atoms with Crippen molar-refractivity contribution < 1.29 is 33.4 Å². The molecule has 0 fully saturated rings. The monoisotopic (exact) mass is 454 g/mol. The number of amides is 4. The fourth-order valence-corrected chi connectivity index (χ4v) is 2.95. The first-order valence-corrected chi connectivity index (χ1v) is 10.8. The number of Topliss-reactive ketones (excluding diaryl/α,β-unsaturated/α-hetero) is 1. The first-order valence-electron chi connectivity index (χ1n) is 10.8. The van der Waals surface area contributed by atoms with Gasteiger partial charge in [-0.3, -0.25) is 28.9 Å². The standard InChI is InChI=1S/C21H34N4O7/c1-23-17(21(22)30)6-2-3-10-24-18(27)15-32-14-13-31-12-4-5-16(26)9-11-25-19(28)7-8-20(25)29/h7-8,17,23H,2-6,9-15H2,1H3,(H2,22,30)(H,24,27). The summed E-state index contributed by atoms with van der Waals surface area (Å²) in [6.45, 7) is 1.48. The molecule has 0 aliphatic carbocycles. The molecule has 1 heterocycles. The van der Waals surface area contributed by atoms with Crippen LogP contribution in [0.15, 0.2) is 12.2 Å². The van der Waals surface area contributed by atoms with Crippen molar-refractivity contribution in [1.82, 2.24) is 15.5 Å². The molecule has 0 aromatic carbocycles. The van der Waals surface area contributed by atoms with E-state index in [4.69, 9.17) is 15.2 Å². The van der Waals surface area contributed by atoms with Crippen LogP contribution in [0.2, 0.25) is 0 Å². The number of primary amides is 1. The topological polar surface area (TPSA) is 157 Å². The molecule has 4 amide bonds. The summed E-state index contributed by atoms with van der Waals surface area (Å²) in [5, 5.41) is 5.58. The number of hydrogen-bond donors (Lipinski definition) is 3. The predicted molar refractivity (Wildman–Crippen MR) is 115 cm³/mol. The summed E-state index contributed by atoms with van der Waals surface area (Å²) in [5.41, 5.74) is 5.23. The van der Waals surface area contributed by atoms with Gasteiger partial charge in [-0.15, -0.1) is 0 Å². The number of likely N-dealkylation sites (N-methyl/N-ethyl adjacent to an activating group) is 1. The van der Waals surface area contributed by atoms with Gasteiger partial charge < -0.3 is 25.8 Å². The third kappa shape index (κ3) is 11.7. The quantitative estimate of drug-likeness (QED) is 0.166. The molecule has 4 N–H and O–H groups in total. The Bertz CT molecular complexity index is 663. The summed E-state index contributed by atoms with van der Waals surface area (Å²) in [7, 11) is 1.68. The maximum Gasteiger partial charge on any atom is 0.253 e. The number of unbranched alkanes of at least 4 members (excludes halogenated alkanes) is 1. The van der Waals surface area contributed by atoms with Gasteiger partial charge in [-0.2, -0.15) is 0 Å². The number of nitrogens with one attached hydrogen (secondary N) is 2. The molecule has 0 saturated heterocycles. The van der Waals surface area contributed by atoms with Gasteiger partial charge in [-0.25, -0.2) is 0 Å². The molecular weight excluding hydrogens is 420 g/mol. The molecule has 0 aromatic rings. The molecule has 180 valence electrons. The van der Waals surface area contributed by atoms with Crippen molar-refractivity contribution >= 4 is 29.4 Å². The van der Waals surface area contributed by atoms with Crippen LogP contribution in [0.3, 0.4) is 0 Å². The highest BCUT2D eigenvalue weighted by molar-refractivity contribution is 6.13. The van der Waals surface area contributed by atoms with Crippen LogP contribution in [0.25, 0.3) is 0 Å². The van der Waals surface area contributed by atoms with E-state index in [0.29, 0.717) is 39.0 Å². The minimum atomic E-state index is -0.386. The largest absolute Gasteiger partial charge is 0.379 e. The number of ketones is 1. The molecule has 1 rings (SSSR count). The third-order valence-corrected chi connectivity index (χ3v) is 4.80. The van der Waals surface area contributed by atoms with E-state index in [0.717, 1.165) is 17.7 Å². The Hall–Kier alpha value is -2.63. The van der Waals surface area contributed by atoms with E-state index in [1.54, 1.807) is 7.05 Å². The van der Waals surface area contributed by atoms with E-state index in [1.165, 1.54) is 12.2 Å². The molecule has 1 aliphatic heterocycles. The smallest absolute Gasteiger partial charge is 0.253 e. The second-order valence-corrected chi connectivity index (χ2v) is 7.31. The van der Waals surface area contributed by atoms with Gasteiger partial charge in [0.05, 0.1) is 19.3 Å². The Balaban J connectivity index is 1.90. The number of rotatable bonds is 19. The predicted octanol–water partition coefficient (Wildman–Crippen LogP) is -0.956. The highest BCUT2D eigenvalue weighted by Crippen LogP contribution is 2.06. The Morgan fingerprint density at radius 3 is 2.34 bits per heavy atom. The Morgan fingerprint density at radius 2 is 1.69 bits per heavy atom. The highest BCUT2D eigenvalue weighted by Gasteiger charge is 2.23. The Morgan fingerprint density at radius 1 is 1.00 bits per heavy atom. The van der Waals surface area contributed by atoms with Crippen LogP contribution in [-0.4, -0.2) is 86.9 Å². The lowest BCUT2D eigenvalue weighted by molar-refractivity contribution is -0.137. The number of imide groups is 1. The molecule has 0 bridgehead atoms. The molecule has 0 radical (unpaired) electrons. The SMILES string of the molecule is CNC(CCCCNC(=O)COCCOCCCC(=O)CCN1C(=O)C=CC1=O)C(N)=O. The average Bonchev–Trinajstić information content (AvgIpc) is 3.08. The van der Waals surface area contributed by atoms with Crippen molar-refractivity contribution in [2.45, 2.75) is 44.6 Å². The Kier molecular flexibility index (Phi) is 13.8. The van der Waals surface area contributed by atoms with E-state index < -0.39 is 0 Å². The number of nitrogens with two attached hydrogens (primary N) is 1. The van der Waals surface area contributed by atoms with E-state index >= 15 is 0 Å². The second kappa shape index (κ2) is 16.1. The minimum Gasteiger partial charge on any atom is -0.379 e.